The molecule has 0 saturated carbocycles. The molecule has 0 aliphatic heterocycles. The van der Waals surface area contributed by atoms with Gasteiger partial charge in [0.05, 0.1) is 22.9 Å². The van der Waals surface area contributed by atoms with Gasteiger partial charge in [-0.3, -0.25) is 4.79 Å². The first-order chi connectivity index (χ1) is 11.9. The number of rotatable bonds is 4. The Bertz CT molecular complexity index is 1080. The van der Waals surface area contributed by atoms with Crippen molar-refractivity contribution in [1.29, 1.82) is 5.26 Å². The molecule has 126 valence electrons. The van der Waals surface area contributed by atoms with Crippen LogP contribution in [0.2, 0.25) is 0 Å². The van der Waals surface area contributed by atoms with Crippen LogP contribution in [-0.4, -0.2) is 14.3 Å². The number of halogens is 1. The van der Waals surface area contributed by atoms with Crippen molar-refractivity contribution >= 4 is 53.3 Å². The number of sulfonamides is 1. The number of nitrogens with zero attached hydrogens (tertiary/aromatic N) is 1. The molecule has 5 nitrogen and oxygen atoms in total. The number of carbonyl (C=O) groups is 1. The van der Waals surface area contributed by atoms with Crippen LogP contribution >= 0.6 is 27.3 Å². The lowest BCUT2D eigenvalue weighted by Crippen LogP contribution is -2.31. The van der Waals surface area contributed by atoms with E-state index in [4.69, 9.17) is 5.26 Å². The fourth-order valence-electron chi connectivity index (χ4n) is 2.31. The smallest absolute Gasteiger partial charge is 0.264 e. The number of fused-ring (bicyclic) bond motifs is 1. The Morgan fingerprint density at radius 2 is 1.96 bits per heavy atom. The second kappa shape index (κ2) is 6.96. The van der Waals surface area contributed by atoms with E-state index in [1.165, 1.54) is 29.5 Å². The molecule has 0 radical (unpaired) electrons. The molecule has 0 atom stereocenters. The highest BCUT2D eigenvalue weighted by molar-refractivity contribution is 9.10. The summed E-state index contributed by atoms with van der Waals surface area (Å²) in [6.45, 7) is 0. The lowest BCUT2D eigenvalue weighted by Gasteiger charge is -2.07. The van der Waals surface area contributed by atoms with Crippen molar-refractivity contribution in [3.8, 4) is 6.07 Å². The SMILES string of the molecule is N#Cc1cc(Br)cc(S(=O)(=O)NC(=O)Cc2cc3ccccc3s2)c1. The summed E-state index contributed by atoms with van der Waals surface area (Å²) >= 11 is 4.61. The monoisotopic (exact) mass is 434 g/mol. The second-order valence-corrected chi connectivity index (χ2v) is 9.01. The number of carbonyl (C=O) groups excluding carboxylic acids is 1. The molecule has 2 aromatic carbocycles. The van der Waals surface area contributed by atoms with E-state index in [1.807, 2.05) is 36.4 Å². The molecule has 1 heterocycles. The molecule has 0 saturated heterocycles. The molecule has 0 fully saturated rings. The van der Waals surface area contributed by atoms with E-state index in [0.717, 1.165) is 15.0 Å². The van der Waals surface area contributed by atoms with Crippen LogP contribution < -0.4 is 4.72 Å². The number of amides is 1. The van der Waals surface area contributed by atoms with Crippen LogP contribution in [0, 0.1) is 11.3 Å². The van der Waals surface area contributed by atoms with Crippen LogP contribution in [-0.2, 0) is 21.2 Å². The molecule has 25 heavy (non-hydrogen) atoms. The van der Waals surface area contributed by atoms with Crippen molar-refractivity contribution in [2.75, 3.05) is 0 Å². The normalized spacial score (nSPS) is 11.2. The molecule has 1 amide bonds. The molecule has 0 spiro atoms. The first kappa shape index (κ1) is 17.6. The Morgan fingerprint density at radius 1 is 1.20 bits per heavy atom. The van der Waals surface area contributed by atoms with Crippen molar-refractivity contribution < 1.29 is 13.2 Å². The number of hydrogen-bond donors (Lipinski definition) is 1. The van der Waals surface area contributed by atoms with Gasteiger partial charge in [-0.25, -0.2) is 13.1 Å². The summed E-state index contributed by atoms with van der Waals surface area (Å²) in [7, 11) is -4.04. The van der Waals surface area contributed by atoms with Gasteiger partial charge in [0.2, 0.25) is 5.91 Å². The second-order valence-electron chi connectivity index (χ2n) is 5.24. The fraction of sp³-hybridized carbons (Fsp3) is 0.0588. The van der Waals surface area contributed by atoms with E-state index in [2.05, 4.69) is 20.7 Å². The molecular weight excluding hydrogens is 424 g/mol. The van der Waals surface area contributed by atoms with Gasteiger partial charge < -0.3 is 0 Å². The van der Waals surface area contributed by atoms with Crippen LogP contribution in [0.5, 0.6) is 0 Å². The summed E-state index contributed by atoms with van der Waals surface area (Å²) in [5.74, 6) is -0.620. The van der Waals surface area contributed by atoms with Crippen LogP contribution in [0.4, 0.5) is 0 Å². The maximum atomic E-state index is 12.4. The predicted octanol–water partition coefficient (Wildman–Crippen LogP) is 3.58. The third-order valence-corrected chi connectivity index (χ3v) is 6.30. The lowest BCUT2D eigenvalue weighted by atomic mass is 10.2. The zero-order chi connectivity index (χ0) is 18.0. The molecular formula is C17H11BrN2O3S2. The molecule has 0 bridgehead atoms. The third kappa shape index (κ3) is 4.07. The average Bonchev–Trinajstić information content (AvgIpc) is 2.95. The van der Waals surface area contributed by atoms with Gasteiger partial charge in [-0.2, -0.15) is 5.26 Å². The van der Waals surface area contributed by atoms with E-state index >= 15 is 0 Å². The largest absolute Gasteiger partial charge is 0.274 e. The number of nitrogens with one attached hydrogen (secondary N) is 1. The molecule has 1 N–H and O–H groups in total. The topological polar surface area (TPSA) is 87.0 Å². The van der Waals surface area contributed by atoms with Crippen molar-refractivity contribution in [2.45, 2.75) is 11.3 Å². The summed E-state index contributed by atoms with van der Waals surface area (Å²) < 4.78 is 28.3. The van der Waals surface area contributed by atoms with Crippen LogP contribution in [0.3, 0.4) is 0 Å². The molecule has 3 rings (SSSR count). The summed E-state index contributed by atoms with van der Waals surface area (Å²) in [6.07, 6.45) is -0.0301. The Morgan fingerprint density at radius 3 is 2.68 bits per heavy atom. The van der Waals surface area contributed by atoms with E-state index in [0.29, 0.717) is 4.47 Å². The van der Waals surface area contributed by atoms with Gasteiger partial charge in [0, 0.05) is 14.0 Å². The third-order valence-electron chi connectivity index (χ3n) is 3.37. The van der Waals surface area contributed by atoms with E-state index < -0.39 is 15.9 Å². The minimum atomic E-state index is -4.04. The van der Waals surface area contributed by atoms with Crippen molar-refractivity contribution in [3.05, 3.63) is 63.4 Å². The predicted molar refractivity (Wildman–Crippen MR) is 99.7 cm³/mol. The van der Waals surface area contributed by atoms with Gasteiger partial charge in [-0.05, 0) is 35.7 Å². The number of thiophene rings is 1. The summed E-state index contributed by atoms with van der Waals surface area (Å²) in [5.41, 5.74) is 0.187. The highest BCUT2D eigenvalue weighted by Crippen LogP contribution is 2.25. The molecule has 0 unspecified atom stereocenters. The van der Waals surface area contributed by atoms with Gasteiger partial charge in [0.1, 0.15) is 0 Å². The standard InChI is InChI=1S/C17H11BrN2O3S2/c18-13-5-11(10-19)6-15(8-13)25(22,23)20-17(21)9-14-7-12-3-1-2-4-16(12)24-14/h1-8H,9H2,(H,20,21). The molecule has 3 aromatic rings. The number of nitriles is 1. The summed E-state index contributed by atoms with van der Waals surface area (Å²) in [6, 6.07) is 15.5. The van der Waals surface area contributed by atoms with Gasteiger partial charge in [-0.15, -0.1) is 11.3 Å². The lowest BCUT2D eigenvalue weighted by molar-refractivity contribution is -0.118. The van der Waals surface area contributed by atoms with Crippen molar-refractivity contribution in [1.82, 2.24) is 4.72 Å². The quantitative estimate of drug-likeness (QED) is 0.679. The van der Waals surface area contributed by atoms with E-state index in [1.54, 1.807) is 0 Å². The van der Waals surface area contributed by atoms with Crippen molar-refractivity contribution in [3.63, 3.8) is 0 Å². The molecule has 8 heteroatoms. The first-order valence-electron chi connectivity index (χ1n) is 7.11. The minimum Gasteiger partial charge on any atom is -0.274 e. The summed E-state index contributed by atoms with van der Waals surface area (Å²) in [4.78, 5) is 12.8. The Labute approximate surface area is 157 Å². The zero-order valence-electron chi connectivity index (χ0n) is 12.7. The van der Waals surface area contributed by atoms with E-state index in [-0.39, 0.29) is 16.9 Å². The summed E-state index contributed by atoms with van der Waals surface area (Å²) in [5, 5.41) is 9.96. The van der Waals surface area contributed by atoms with Gasteiger partial charge >= 0.3 is 0 Å². The first-order valence-corrected chi connectivity index (χ1v) is 10.2. The average molecular weight is 435 g/mol. The van der Waals surface area contributed by atoms with Gasteiger partial charge in [-0.1, -0.05) is 34.1 Å². The fourth-order valence-corrected chi connectivity index (χ4v) is 5.07. The Hall–Kier alpha value is -2.21. The zero-order valence-corrected chi connectivity index (χ0v) is 15.9. The van der Waals surface area contributed by atoms with Gasteiger partial charge in [0.15, 0.2) is 0 Å². The van der Waals surface area contributed by atoms with Crippen LogP contribution in [0.15, 0.2) is 57.9 Å². The van der Waals surface area contributed by atoms with Crippen LogP contribution in [0.1, 0.15) is 10.4 Å². The van der Waals surface area contributed by atoms with Crippen LogP contribution in [0.25, 0.3) is 10.1 Å². The Kier molecular flexibility index (Phi) is 4.90. The highest BCUT2D eigenvalue weighted by atomic mass is 79.9. The highest BCUT2D eigenvalue weighted by Gasteiger charge is 2.19. The molecule has 0 aliphatic carbocycles. The van der Waals surface area contributed by atoms with Gasteiger partial charge in [0.25, 0.3) is 10.0 Å². The number of hydrogen-bond acceptors (Lipinski definition) is 5. The Balaban J connectivity index is 1.79. The maximum Gasteiger partial charge on any atom is 0.264 e. The van der Waals surface area contributed by atoms with E-state index in [9.17, 15) is 13.2 Å². The minimum absolute atomic E-state index is 0.0301. The molecule has 1 aromatic heterocycles. The number of benzene rings is 2. The molecule has 0 aliphatic rings. The van der Waals surface area contributed by atoms with Crippen molar-refractivity contribution in [2.24, 2.45) is 0 Å². The maximum absolute atomic E-state index is 12.4.